The molecular weight excluding hydrogens is 124 g/mol. The molecule has 54 valence electrons. The largest absolute Gasteiger partial charge is 0.365 e. The second-order valence-corrected chi connectivity index (χ2v) is 2.32. The van der Waals surface area contributed by atoms with Crippen LogP contribution in [0, 0.1) is 6.92 Å². The first-order valence-corrected chi connectivity index (χ1v) is 3.27. The van der Waals surface area contributed by atoms with Gasteiger partial charge in [-0.2, -0.15) is 0 Å². The molecule has 1 heterocycles. The predicted molar refractivity (Wildman–Crippen MR) is 42.7 cm³/mol. The number of hydrogen-bond acceptors (Lipinski definition) is 1. The first kappa shape index (κ1) is 7.09. The lowest BCUT2D eigenvalue weighted by Crippen LogP contribution is -2.06. The fourth-order valence-corrected chi connectivity index (χ4v) is 0.953. The van der Waals surface area contributed by atoms with Crippen molar-refractivity contribution < 1.29 is 0 Å². The summed E-state index contributed by atoms with van der Waals surface area (Å²) in [7, 11) is 0. The Labute approximate surface area is 60.8 Å². The lowest BCUT2D eigenvalue weighted by Gasteiger charge is -2.03. The number of rotatable bonds is 2. The van der Waals surface area contributed by atoms with Crippen molar-refractivity contribution in [1.82, 2.24) is 4.98 Å². The van der Waals surface area contributed by atoms with E-state index in [2.05, 4.69) is 11.6 Å². The second kappa shape index (κ2) is 2.71. The maximum absolute atomic E-state index is 5.70. The van der Waals surface area contributed by atoms with Crippen molar-refractivity contribution in [2.45, 2.75) is 13.0 Å². The lowest BCUT2D eigenvalue weighted by molar-refractivity contribution is 0.902. The van der Waals surface area contributed by atoms with Crippen molar-refractivity contribution in [3.05, 3.63) is 36.2 Å². The molecule has 0 aliphatic carbocycles. The molecule has 0 bridgehead atoms. The van der Waals surface area contributed by atoms with Gasteiger partial charge in [0.05, 0.1) is 0 Å². The first-order chi connectivity index (χ1) is 4.75. The van der Waals surface area contributed by atoms with Crippen molar-refractivity contribution in [3.63, 3.8) is 0 Å². The molecule has 10 heavy (non-hydrogen) atoms. The molecule has 0 saturated heterocycles. The third-order valence-electron chi connectivity index (χ3n) is 1.61. The molecule has 0 saturated carbocycles. The SMILES string of the molecule is C=C[C@@H](N)c1cc[nH]c1C. The number of aromatic amines is 1. The molecule has 0 radical (unpaired) electrons. The summed E-state index contributed by atoms with van der Waals surface area (Å²) in [6.45, 7) is 5.62. The van der Waals surface area contributed by atoms with E-state index in [1.807, 2.05) is 19.2 Å². The van der Waals surface area contributed by atoms with Crippen LogP contribution >= 0.6 is 0 Å². The third kappa shape index (κ3) is 1.11. The van der Waals surface area contributed by atoms with Gasteiger partial charge in [-0.25, -0.2) is 0 Å². The van der Waals surface area contributed by atoms with Gasteiger partial charge in [0.1, 0.15) is 0 Å². The molecule has 0 aliphatic rings. The Bertz CT molecular complexity index is 225. The van der Waals surface area contributed by atoms with Crippen LogP contribution in [0.5, 0.6) is 0 Å². The van der Waals surface area contributed by atoms with Gasteiger partial charge in [-0.05, 0) is 18.6 Å². The summed E-state index contributed by atoms with van der Waals surface area (Å²) in [6, 6.07) is 1.94. The van der Waals surface area contributed by atoms with E-state index in [1.165, 1.54) is 0 Å². The summed E-state index contributed by atoms with van der Waals surface area (Å²) < 4.78 is 0. The second-order valence-electron chi connectivity index (χ2n) is 2.32. The zero-order valence-corrected chi connectivity index (χ0v) is 6.09. The van der Waals surface area contributed by atoms with Gasteiger partial charge in [-0.3, -0.25) is 0 Å². The lowest BCUT2D eigenvalue weighted by atomic mass is 10.1. The first-order valence-electron chi connectivity index (χ1n) is 3.27. The average Bonchev–Trinajstić information content (AvgIpc) is 2.34. The van der Waals surface area contributed by atoms with E-state index in [0.29, 0.717) is 0 Å². The minimum Gasteiger partial charge on any atom is -0.365 e. The Morgan fingerprint density at radius 2 is 2.50 bits per heavy atom. The van der Waals surface area contributed by atoms with Crippen LogP contribution in [0.15, 0.2) is 24.9 Å². The van der Waals surface area contributed by atoms with E-state index < -0.39 is 0 Å². The van der Waals surface area contributed by atoms with Gasteiger partial charge in [0.2, 0.25) is 0 Å². The maximum Gasteiger partial charge on any atom is 0.0496 e. The molecule has 1 aromatic rings. The van der Waals surface area contributed by atoms with Crippen LogP contribution in [0.1, 0.15) is 17.3 Å². The number of aryl methyl sites for hydroxylation is 1. The summed E-state index contributed by atoms with van der Waals surface area (Å²) in [5, 5.41) is 0. The quantitative estimate of drug-likeness (QED) is 0.594. The molecule has 3 N–H and O–H groups in total. The van der Waals surface area contributed by atoms with Gasteiger partial charge in [0.25, 0.3) is 0 Å². The van der Waals surface area contributed by atoms with Crippen LogP contribution in [0.2, 0.25) is 0 Å². The van der Waals surface area contributed by atoms with Crippen molar-refractivity contribution in [2.75, 3.05) is 0 Å². The van der Waals surface area contributed by atoms with Crippen molar-refractivity contribution in [2.24, 2.45) is 5.73 Å². The van der Waals surface area contributed by atoms with Gasteiger partial charge < -0.3 is 10.7 Å². The highest BCUT2D eigenvalue weighted by Crippen LogP contribution is 2.13. The number of nitrogens with one attached hydrogen (secondary N) is 1. The Balaban J connectivity index is 2.92. The number of aromatic nitrogens is 1. The third-order valence-corrected chi connectivity index (χ3v) is 1.61. The van der Waals surface area contributed by atoms with Crippen LogP contribution in [0.25, 0.3) is 0 Å². The van der Waals surface area contributed by atoms with Gasteiger partial charge in [0, 0.05) is 17.9 Å². The van der Waals surface area contributed by atoms with Gasteiger partial charge in [-0.15, -0.1) is 6.58 Å². The van der Waals surface area contributed by atoms with Crippen molar-refractivity contribution in [1.29, 1.82) is 0 Å². The number of hydrogen-bond donors (Lipinski definition) is 2. The molecular formula is C8H12N2. The molecule has 0 unspecified atom stereocenters. The minimum atomic E-state index is -0.0359. The highest BCUT2D eigenvalue weighted by Gasteiger charge is 2.03. The fourth-order valence-electron chi connectivity index (χ4n) is 0.953. The molecule has 0 aromatic carbocycles. The molecule has 2 heteroatoms. The van der Waals surface area contributed by atoms with Crippen LogP contribution in [0.3, 0.4) is 0 Å². The van der Waals surface area contributed by atoms with Crippen molar-refractivity contribution >= 4 is 0 Å². The van der Waals surface area contributed by atoms with E-state index in [0.717, 1.165) is 11.3 Å². The standard InChI is InChI=1S/C8H12N2/c1-3-8(9)7-4-5-10-6(7)2/h3-5,8,10H,1,9H2,2H3/t8-/m1/s1. The van der Waals surface area contributed by atoms with E-state index in [9.17, 15) is 0 Å². The average molecular weight is 136 g/mol. The molecule has 2 nitrogen and oxygen atoms in total. The molecule has 1 aromatic heterocycles. The normalized spacial score (nSPS) is 13.0. The Morgan fingerprint density at radius 1 is 1.80 bits per heavy atom. The van der Waals surface area contributed by atoms with Crippen LogP contribution < -0.4 is 5.73 Å². The monoisotopic (exact) mass is 136 g/mol. The van der Waals surface area contributed by atoms with E-state index in [4.69, 9.17) is 5.73 Å². The van der Waals surface area contributed by atoms with E-state index >= 15 is 0 Å². The molecule has 1 rings (SSSR count). The zero-order valence-electron chi connectivity index (χ0n) is 6.09. The van der Waals surface area contributed by atoms with Gasteiger partial charge >= 0.3 is 0 Å². The zero-order chi connectivity index (χ0) is 7.56. The molecule has 0 fully saturated rings. The van der Waals surface area contributed by atoms with Crippen LogP contribution in [-0.2, 0) is 0 Å². The van der Waals surface area contributed by atoms with Crippen LogP contribution in [0.4, 0.5) is 0 Å². The summed E-state index contributed by atoms with van der Waals surface area (Å²) in [5.41, 5.74) is 7.94. The predicted octanol–water partition coefficient (Wildman–Crippen LogP) is 1.51. The highest BCUT2D eigenvalue weighted by atomic mass is 14.7. The Kier molecular flexibility index (Phi) is 1.92. The molecule has 1 atom stereocenters. The summed E-state index contributed by atoms with van der Waals surface area (Å²) in [5.74, 6) is 0. The van der Waals surface area contributed by atoms with Gasteiger partial charge in [0.15, 0.2) is 0 Å². The molecule has 0 spiro atoms. The molecule has 0 amide bonds. The number of nitrogens with two attached hydrogens (primary N) is 1. The highest BCUT2D eigenvalue weighted by molar-refractivity contribution is 5.25. The summed E-state index contributed by atoms with van der Waals surface area (Å²) >= 11 is 0. The maximum atomic E-state index is 5.70. The van der Waals surface area contributed by atoms with Gasteiger partial charge in [-0.1, -0.05) is 6.08 Å². The van der Waals surface area contributed by atoms with E-state index in [-0.39, 0.29) is 6.04 Å². The van der Waals surface area contributed by atoms with E-state index in [1.54, 1.807) is 6.08 Å². The number of H-pyrrole nitrogens is 1. The Hall–Kier alpha value is -1.02. The minimum absolute atomic E-state index is 0.0359. The smallest absolute Gasteiger partial charge is 0.0496 e. The topological polar surface area (TPSA) is 41.8 Å². The summed E-state index contributed by atoms with van der Waals surface area (Å²) in [4.78, 5) is 3.06. The Morgan fingerprint density at radius 3 is 2.90 bits per heavy atom. The summed E-state index contributed by atoms with van der Waals surface area (Å²) in [6.07, 6.45) is 3.62. The fraction of sp³-hybridized carbons (Fsp3) is 0.250. The van der Waals surface area contributed by atoms with Crippen molar-refractivity contribution in [3.8, 4) is 0 Å². The molecule has 0 aliphatic heterocycles. The van der Waals surface area contributed by atoms with Crippen LogP contribution in [-0.4, -0.2) is 4.98 Å².